The van der Waals surface area contributed by atoms with Crippen LogP contribution in [-0.4, -0.2) is 18.6 Å². The van der Waals surface area contributed by atoms with Crippen molar-refractivity contribution < 1.29 is 69.1 Å². The summed E-state index contributed by atoms with van der Waals surface area (Å²) in [6, 6.07) is 1.30. The molecule has 1 heterocycles. The first-order valence-corrected chi connectivity index (χ1v) is 4.24. The number of hydrogen-bond donors (Lipinski definition) is 0. The fourth-order valence-electron chi connectivity index (χ4n) is 1.11. The average Bonchev–Trinajstić information content (AvgIpc) is 2.02. The van der Waals surface area contributed by atoms with Crippen LogP contribution in [0.5, 0.6) is 5.88 Å². The molecule has 0 saturated heterocycles. The first kappa shape index (κ1) is 15.4. The summed E-state index contributed by atoms with van der Waals surface area (Å²) in [5.41, 5.74) is -0.510. The van der Waals surface area contributed by atoms with E-state index in [1.807, 2.05) is 0 Å². The van der Waals surface area contributed by atoms with Gasteiger partial charge in [-0.3, -0.25) is 0 Å². The second-order valence-electron chi connectivity index (χ2n) is 2.89. The third-order valence-electron chi connectivity index (χ3n) is 1.77. The predicted octanol–water partition coefficient (Wildman–Crippen LogP) is -1.15. The molecule has 0 fully saturated rings. The normalized spacial score (nSPS) is 10.7. The number of hydrogen-bond acceptors (Lipinski definition) is 2. The third-order valence-corrected chi connectivity index (χ3v) is 1.77. The summed E-state index contributed by atoms with van der Waals surface area (Å²) < 4.78 is 42.0. The molecule has 78 valence electrons. The molecule has 0 aromatic carbocycles. The second kappa shape index (κ2) is 6.24. The van der Waals surface area contributed by atoms with Crippen LogP contribution in [-0.2, 0) is 0 Å². The Morgan fingerprint density at radius 3 is 2.40 bits per heavy atom. The van der Waals surface area contributed by atoms with Gasteiger partial charge in [0.25, 0.3) is 0 Å². The molecule has 0 unspecified atom stereocenters. The largest absolute Gasteiger partial charge is 1.00 e. The number of halogens is 3. The maximum Gasteiger partial charge on any atom is 1.00 e. The average molecular weight is 243 g/mol. The van der Waals surface area contributed by atoms with Crippen LogP contribution in [0.1, 0.15) is 12.5 Å². The zero-order chi connectivity index (χ0) is 10.8. The molecule has 2 nitrogen and oxygen atoms in total. The molecule has 0 spiro atoms. The van der Waals surface area contributed by atoms with Gasteiger partial charge in [-0.1, -0.05) is 11.0 Å². The molecule has 0 N–H and O–H groups in total. The van der Waals surface area contributed by atoms with Gasteiger partial charge in [-0.15, -0.1) is 0 Å². The van der Waals surface area contributed by atoms with Gasteiger partial charge >= 0.3 is 58.4 Å². The van der Waals surface area contributed by atoms with Crippen molar-refractivity contribution in [2.45, 2.75) is 13.8 Å². The zero-order valence-corrected chi connectivity index (χ0v) is 12.1. The van der Waals surface area contributed by atoms with E-state index in [4.69, 9.17) is 4.74 Å². The van der Waals surface area contributed by atoms with Crippen molar-refractivity contribution in [2.24, 2.45) is 0 Å². The fourth-order valence-corrected chi connectivity index (χ4v) is 1.11. The van der Waals surface area contributed by atoms with Crippen molar-refractivity contribution in [1.82, 2.24) is 4.98 Å². The first-order valence-electron chi connectivity index (χ1n) is 4.24. The topological polar surface area (TPSA) is 22.1 Å². The predicted molar refractivity (Wildman–Crippen MR) is 48.9 cm³/mol. The van der Waals surface area contributed by atoms with E-state index in [0.717, 1.165) is 6.20 Å². The van der Waals surface area contributed by atoms with Crippen LogP contribution in [0, 0.1) is 6.92 Å². The van der Waals surface area contributed by atoms with Crippen molar-refractivity contribution >= 4 is 12.4 Å². The Bertz CT molecular complexity index is 332. The van der Waals surface area contributed by atoms with Gasteiger partial charge in [-0.25, -0.2) is 4.98 Å². The Kier molecular flexibility index (Phi) is 6.43. The van der Waals surface area contributed by atoms with Gasteiger partial charge in [0, 0.05) is 12.3 Å². The van der Waals surface area contributed by atoms with Crippen molar-refractivity contribution in [2.75, 3.05) is 6.61 Å². The van der Waals surface area contributed by atoms with Crippen molar-refractivity contribution in [1.29, 1.82) is 0 Å². The molecule has 0 aliphatic rings. The number of aromatic nitrogens is 1. The molecule has 1 aromatic heterocycles. The molecule has 0 bridgehead atoms. The van der Waals surface area contributed by atoms with Crippen LogP contribution in [0.4, 0.5) is 12.9 Å². The van der Waals surface area contributed by atoms with Gasteiger partial charge in [-0.05, 0) is 13.8 Å². The molecule has 1 rings (SSSR count). The third kappa shape index (κ3) is 4.44. The van der Waals surface area contributed by atoms with E-state index in [2.05, 4.69) is 4.98 Å². The van der Waals surface area contributed by atoms with Crippen LogP contribution >= 0.6 is 0 Å². The number of pyridine rings is 1. The van der Waals surface area contributed by atoms with Crippen LogP contribution in [0.2, 0.25) is 0 Å². The van der Waals surface area contributed by atoms with E-state index in [1.165, 1.54) is 13.0 Å². The van der Waals surface area contributed by atoms with Crippen LogP contribution in [0.3, 0.4) is 0 Å². The van der Waals surface area contributed by atoms with E-state index >= 15 is 0 Å². The van der Waals surface area contributed by atoms with E-state index in [-0.39, 0.29) is 62.8 Å². The van der Waals surface area contributed by atoms with Gasteiger partial charge in [0.2, 0.25) is 5.88 Å². The second-order valence-corrected chi connectivity index (χ2v) is 2.89. The minimum atomic E-state index is -4.97. The molecule has 0 aliphatic heterocycles. The monoisotopic (exact) mass is 243 g/mol. The first-order chi connectivity index (χ1) is 6.45. The SMILES string of the molecule is CCOc1cc(C)c([B-](F)(F)F)cn1.[K+]. The quantitative estimate of drug-likeness (QED) is 0.625. The Morgan fingerprint density at radius 1 is 1.40 bits per heavy atom. The summed E-state index contributed by atoms with van der Waals surface area (Å²) >= 11 is 0. The summed E-state index contributed by atoms with van der Waals surface area (Å²) in [7, 11) is 0. The minimum Gasteiger partial charge on any atom is -0.478 e. The van der Waals surface area contributed by atoms with Gasteiger partial charge < -0.3 is 17.7 Å². The summed E-state index contributed by atoms with van der Waals surface area (Å²) in [6.45, 7) is -1.44. The van der Waals surface area contributed by atoms with Crippen LogP contribution in [0.25, 0.3) is 0 Å². The Balaban J connectivity index is 0.00000196. The van der Waals surface area contributed by atoms with Crippen LogP contribution in [0.15, 0.2) is 12.3 Å². The standard InChI is InChI=1S/C8H10BF3NO.K/c1-3-14-8-4-6(2)7(5-13-8)9(10,11)12;/h4-5H,3H2,1-2H3;/q-1;+1. The van der Waals surface area contributed by atoms with Gasteiger partial charge in [0.1, 0.15) is 0 Å². The Hall–Kier alpha value is 0.441. The summed E-state index contributed by atoms with van der Waals surface area (Å²) in [5, 5.41) is 0. The summed E-state index contributed by atoms with van der Waals surface area (Å²) in [6.07, 6.45) is 0.820. The Labute approximate surface area is 129 Å². The van der Waals surface area contributed by atoms with Crippen molar-refractivity contribution in [3.63, 3.8) is 0 Å². The maximum absolute atomic E-state index is 12.3. The molecule has 15 heavy (non-hydrogen) atoms. The van der Waals surface area contributed by atoms with Gasteiger partial charge in [0.15, 0.2) is 0 Å². The molecule has 0 amide bonds. The smallest absolute Gasteiger partial charge is 0.478 e. The summed E-state index contributed by atoms with van der Waals surface area (Å²) in [5.74, 6) is 0.230. The van der Waals surface area contributed by atoms with Gasteiger partial charge in [0.05, 0.1) is 6.61 Å². The molecule has 0 aliphatic carbocycles. The molecule has 0 atom stereocenters. The van der Waals surface area contributed by atoms with Crippen molar-refractivity contribution in [3.8, 4) is 5.88 Å². The van der Waals surface area contributed by atoms with Crippen LogP contribution < -0.4 is 61.6 Å². The molecular formula is C8H10BF3KNO. The minimum absolute atomic E-state index is 0. The number of aryl methyl sites for hydroxylation is 1. The zero-order valence-electron chi connectivity index (χ0n) is 8.93. The number of nitrogens with zero attached hydrogens (tertiary/aromatic N) is 1. The number of ether oxygens (including phenoxy) is 1. The number of rotatable bonds is 3. The molecule has 1 aromatic rings. The Morgan fingerprint density at radius 2 is 2.00 bits per heavy atom. The fraction of sp³-hybridized carbons (Fsp3) is 0.375. The van der Waals surface area contributed by atoms with E-state index in [0.29, 0.717) is 6.61 Å². The van der Waals surface area contributed by atoms with Crippen molar-refractivity contribution in [3.05, 3.63) is 17.8 Å². The summed E-state index contributed by atoms with van der Waals surface area (Å²) in [4.78, 5) is 3.57. The maximum atomic E-state index is 12.3. The molecular weight excluding hydrogens is 233 g/mol. The van der Waals surface area contributed by atoms with E-state index in [9.17, 15) is 12.9 Å². The molecule has 7 heteroatoms. The molecule has 0 radical (unpaired) electrons. The van der Waals surface area contributed by atoms with E-state index < -0.39 is 12.4 Å². The molecule has 0 saturated carbocycles. The van der Waals surface area contributed by atoms with Gasteiger partial charge in [-0.2, -0.15) is 0 Å². The van der Waals surface area contributed by atoms with E-state index in [1.54, 1.807) is 6.92 Å².